The monoisotopic (exact) mass is 134 g/mol. The van der Waals surface area contributed by atoms with Gasteiger partial charge < -0.3 is 10.4 Å². The van der Waals surface area contributed by atoms with Gasteiger partial charge in [0.25, 0.3) is 6.41 Å². The molecule has 0 aromatic rings. The molecule has 0 heterocycles. The molecule has 0 aliphatic carbocycles. The molecular weight excluding hydrogens is 124 g/mol. The number of carbonyl (C=O) groups is 1. The Morgan fingerprint density at radius 2 is 2.33 bits per heavy atom. The first-order chi connectivity index (χ1) is 4.16. The van der Waals surface area contributed by atoms with Crippen LogP contribution >= 0.6 is 0 Å². The van der Waals surface area contributed by atoms with Gasteiger partial charge in [-0.05, 0) is 0 Å². The van der Waals surface area contributed by atoms with Gasteiger partial charge in [0.15, 0.2) is 0 Å². The predicted octanol–water partition coefficient (Wildman–Crippen LogP) is -1.45. The van der Waals surface area contributed by atoms with Gasteiger partial charge in [-0.1, -0.05) is 0 Å². The third kappa shape index (κ3) is 5.22. The molecule has 0 aliphatic rings. The van der Waals surface area contributed by atoms with E-state index in [2.05, 4.69) is 15.6 Å². The average molecular weight is 134 g/mol. The number of hydroxylamine groups is 1. The summed E-state index contributed by atoms with van der Waals surface area (Å²) in [5.41, 5.74) is 2.21. The maximum absolute atomic E-state index is 10.2. The van der Waals surface area contributed by atoms with Crippen LogP contribution in [0.25, 0.3) is 0 Å². The SMILES string of the molecule is CNOC(O)NC(C)=O. The molecule has 1 atom stereocenters. The molecular formula is C4H10N2O3. The highest BCUT2D eigenvalue weighted by molar-refractivity contribution is 5.72. The molecule has 0 rings (SSSR count). The molecule has 0 bridgehead atoms. The highest BCUT2D eigenvalue weighted by atomic mass is 16.7. The maximum Gasteiger partial charge on any atom is 0.255 e. The summed E-state index contributed by atoms with van der Waals surface area (Å²) in [6, 6.07) is 0. The number of nitrogens with one attached hydrogen (secondary N) is 2. The Kier molecular flexibility index (Phi) is 3.94. The summed E-state index contributed by atoms with van der Waals surface area (Å²) in [4.78, 5) is 14.5. The second kappa shape index (κ2) is 4.25. The first kappa shape index (κ1) is 8.35. The van der Waals surface area contributed by atoms with Crippen molar-refractivity contribution in [1.29, 1.82) is 0 Å². The van der Waals surface area contributed by atoms with E-state index in [0.29, 0.717) is 0 Å². The van der Waals surface area contributed by atoms with Crippen molar-refractivity contribution in [2.45, 2.75) is 13.3 Å². The molecule has 0 saturated heterocycles. The Morgan fingerprint density at radius 3 is 2.67 bits per heavy atom. The Bertz CT molecular complexity index is 95.8. The van der Waals surface area contributed by atoms with E-state index in [1.165, 1.54) is 14.0 Å². The van der Waals surface area contributed by atoms with E-state index in [-0.39, 0.29) is 5.91 Å². The van der Waals surface area contributed by atoms with Gasteiger partial charge in [-0.3, -0.25) is 4.79 Å². The third-order valence-electron chi connectivity index (χ3n) is 0.556. The van der Waals surface area contributed by atoms with Crippen LogP contribution in [0.3, 0.4) is 0 Å². The normalized spacial score (nSPS) is 12.8. The minimum Gasteiger partial charge on any atom is -0.350 e. The number of hydrogen-bond acceptors (Lipinski definition) is 4. The lowest BCUT2D eigenvalue weighted by Gasteiger charge is -2.09. The van der Waals surface area contributed by atoms with Gasteiger partial charge >= 0.3 is 0 Å². The minimum atomic E-state index is -1.27. The molecule has 0 fully saturated rings. The third-order valence-corrected chi connectivity index (χ3v) is 0.556. The van der Waals surface area contributed by atoms with E-state index in [1.54, 1.807) is 0 Å². The van der Waals surface area contributed by atoms with Crippen LogP contribution < -0.4 is 10.8 Å². The molecule has 54 valence electrons. The summed E-state index contributed by atoms with van der Waals surface area (Å²) in [7, 11) is 1.48. The molecule has 0 aromatic heterocycles. The fourth-order valence-electron chi connectivity index (χ4n) is 0.315. The summed E-state index contributed by atoms with van der Waals surface area (Å²) < 4.78 is 0. The number of aliphatic hydroxyl groups is 1. The second-order valence-corrected chi connectivity index (χ2v) is 1.37. The molecule has 0 spiro atoms. The van der Waals surface area contributed by atoms with E-state index in [1.807, 2.05) is 0 Å². The van der Waals surface area contributed by atoms with Crippen molar-refractivity contribution in [3.8, 4) is 0 Å². The number of hydrogen-bond donors (Lipinski definition) is 3. The van der Waals surface area contributed by atoms with Crippen LogP contribution in [-0.2, 0) is 9.63 Å². The summed E-state index contributed by atoms with van der Waals surface area (Å²) in [5, 5.41) is 10.7. The van der Waals surface area contributed by atoms with Gasteiger partial charge in [0.05, 0.1) is 0 Å². The van der Waals surface area contributed by atoms with Crippen molar-refractivity contribution in [2.24, 2.45) is 0 Å². The number of aliphatic hydroxyl groups excluding tert-OH is 1. The second-order valence-electron chi connectivity index (χ2n) is 1.37. The largest absolute Gasteiger partial charge is 0.350 e. The fourth-order valence-corrected chi connectivity index (χ4v) is 0.315. The first-order valence-electron chi connectivity index (χ1n) is 2.44. The van der Waals surface area contributed by atoms with Gasteiger partial charge in [0, 0.05) is 14.0 Å². The van der Waals surface area contributed by atoms with E-state index < -0.39 is 6.41 Å². The fraction of sp³-hybridized carbons (Fsp3) is 0.750. The molecule has 1 amide bonds. The number of rotatable bonds is 3. The van der Waals surface area contributed by atoms with Gasteiger partial charge in [0.2, 0.25) is 5.91 Å². The van der Waals surface area contributed by atoms with Crippen LogP contribution in [0.4, 0.5) is 0 Å². The van der Waals surface area contributed by atoms with Crippen molar-refractivity contribution in [2.75, 3.05) is 7.05 Å². The summed E-state index contributed by atoms with van der Waals surface area (Å²) in [6.45, 7) is 1.28. The molecule has 0 saturated carbocycles. The predicted molar refractivity (Wildman–Crippen MR) is 30.0 cm³/mol. The highest BCUT2D eigenvalue weighted by Gasteiger charge is 2.01. The molecule has 0 radical (unpaired) electrons. The van der Waals surface area contributed by atoms with Crippen LogP contribution in [0, 0.1) is 0 Å². The van der Waals surface area contributed by atoms with Crippen LogP contribution in [0.1, 0.15) is 6.92 Å². The summed E-state index contributed by atoms with van der Waals surface area (Å²) in [5.74, 6) is -0.349. The van der Waals surface area contributed by atoms with E-state index >= 15 is 0 Å². The first-order valence-corrected chi connectivity index (χ1v) is 2.44. The number of carbonyl (C=O) groups excluding carboxylic acids is 1. The highest BCUT2D eigenvalue weighted by Crippen LogP contribution is 1.73. The zero-order chi connectivity index (χ0) is 7.28. The smallest absolute Gasteiger partial charge is 0.255 e. The molecule has 0 aromatic carbocycles. The van der Waals surface area contributed by atoms with Crippen molar-refractivity contribution in [1.82, 2.24) is 10.8 Å². The van der Waals surface area contributed by atoms with E-state index in [9.17, 15) is 4.79 Å². The Morgan fingerprint density at radius 1 is 1.78 bits per heavy atom. The Hall–Kier alpha value is -0.650. The van der Waals surface area contributed by atoms with E-state index in [4.69, 9.17) is 5.11 Å². The lowest BCUT2D eigenvalue weighted by molar-refractivity contribution is -0.166. The molecule has 1 unspecified atom stereocenters. The van der Waals surface area contributed by atoms with Crippen molar-refractivity contribution >= 4 is 5.91 Å². The average Bonchev–Trinajstić information content (AvgIpc) is 1.63. The number of amides is 1. The lowest BCUT2D eigenvalue weighted by Crippen LogP contribution is -2.37. The van der Waals surface area contributed by atoms with Crippen molar-refractivity contribution < 1.29 is 14.7 Å². The molecule has 5 nitrogen and oxygen atoms in total. The summed E-state index contributed by atoms with van der Waals surface area (Å²) >= 11 is 0. The Balaban J connectivity index is 3.26. The van der Waals surface area contributed by atoms with E-state index in [0.717, 1.165) is 0 Å². The molecule has 0 aliphatic heterocycles. The molecule has 5 heteroatoms. The van der Waals surface area contributed by atoms with Crippen molar-refractivity contribution in [3.63, 3.8) is 0 Å². The quantitative estimate of drug-likeness (QED) is 0.326. The molecule has 3 N–H and O–H groups in total. The van der Waals surface area contributed by atoms with Gasteiger partial charge in [-0.15, -0.1) is 0 Å². The van der Waals surface area contributed by atoms with Gasteiger partial charge in [0.1, 0.15) is 0 Å². The minimum absolute atomic E-state index is 0.349. The Labute approximate surface area is 53.0 Å². The topological polar surface area (TPSA) is 70.6 Å². The summed E-state index contributed by atoms with van der Waals surface area (Å²) in [6.07, 6.45) is -1.27. The standard InChI is InChI=1S/C4H10N2O3/c1-3(7)6-4(8)9-5-2/h4-5,8H,1-2H3,(H,6,7). The van der Waals surface area contributed by atoms with Crippen molar-refractivity contribution in [3.05, 3.63) is 0 Å². The molecule has 9 heavy (non-hydrogen) atoms. The zero-order valence-corrected chi connectivity index (χ0v) is 5.34. The van der Waals surface area contributed by atoms with Gasteiger partial charge in [-0.2, -0.15) is 0 Å². The lowest BCUT2D eigenvalue weighted by atomic mass is 10.7. The van der Waals surface area contributed by atoms with Crippen LogP contribution in [-0.4, -0.2) is 24.5 Å². The zero-order valence-electron chi connectivity index (χ0n) is 5.34. The maximum atomic E-state index is 10.2. The van der Waals surface area contributed by atoms with Crippen LogP contribution in [0.15, 0.2) is 0 Å². The van der Waals surface area contributed by atoms with Crippen LogP contribution in [0.5, 0.6) is 0 Å². The van der Waals surface area contributed by atoms with Crippen LogP contribution in [0.2, 0.25) is 0 Å². The van der Waals surface area contributed by atoms with Gasteiger partial charge in [-0.25, -0.2) is 10.3 Å².